The molecule has 1 aliphatic carbocycles. The van der Waals surface area contributed by atoms with Crippen molar-refractivity contribution in [3.8, 4) is 5.75 Å². The minimum Gasteiger partial charge on any atom is -0.494 e. The highest BCUT2D eigenvalue weighted by atomic mass is 16.5. The van der Waals surface area contributed by atoms with Gasteiger partial charge in [0.05, 0.1) is 13.2 Å². The number of anilines is 1. The van der Waals surface area contributed by atoms with Crippen LogP contribution < -0.4 is 10.1 Å². The van der Waals surface area contributed by atoms with Crippen molar-refractivity contribution in [2.24, 2.45) is 0 Å². The van der Waals surface area contributed by atoms with Gasteiger partial charge in [0, 0.05) is 11.7 Å². The van der Waals surface area contributed by atoms with Crippen LogP contribution in [-0.2, 0) is 4.79 Å². The van der Waals surface area contributed by atoms with E-state index in [4.69, 9.17) is 4.74 Å². The predicted molar refractivity (Wildman–Crippen MR) is 85.7 cm³/mol. The molecule has 21 heavy (non-hydrogen) atoms. The first-order valence-corrected chi connectivity index (χ1v) is 7.92. The van der Waals surface area contributed by atoms with E-state index in [0.717, 1.165) is 11.4 Å². The summed E-state index contributed by atoms with van der Waals surface area (Å²) in [5, 5.41) is 2.95. The largest absolute Gasteiger partial charge is 0.494 e. The lowest BCUT2D eigenvalue weighted by Gasteiger charge is -2.30. The van der Waals surface area contributed by atoms with Crippen molar-refractivity contribution in [3.05, 3.63) is 24.3 Å². The number of carbonyl (C=O) groups is 1. The number of hydrogen-bond acceptors (Lipinski definition) is 3. The van der Waals surface area contributed by atoms with Gasteiger partial charge >= 0.3 is 0 Å². The standard InChI is InChI=1S/C17H26N2O2/c1-3-21-16-11-9-14(10-12-16)18-17(20)13-19(2)15-7-5-4-6-8-15/h9-12,15H,3-8,13H2,1-2H3,(H,18,20). The smallest absolute Gasteiger partial charge is 0.238 e. The molecule has 4 heteroatoms. The van der Waals surface area contributed by atoms with Gasteiger partial charge in [0.25, 0.3) is 0 Å². The highest BCUT2D eigenvalue weighted by Crippen LogP contribution is 2.21. The lowest BCUT2D eigenvalue weighted by atomic mass is 9.94. The zero-order chi connectivity index (χ0) is 15.1. The number of ether oxygens (including phenoxy) is 1. The molecule has 116 valence electrons. The number of carbonyl (C=O) groups excluding carboxylic acids is 1. The Morgan fingerprint density at radius 1 is 1.24 bits per heavy atom. The molecular weight excluding hydrogens is 264 g/mol. The maximum absolute atomic E-state index is 12.1. The molecule has 4 nitrogen and oxygen atoms in total. The van der Waals surface area contributed by atoms with Crippen molar-refractivity contribution in [1.29, 1.82) is 0 Å². The zero-order valence-corrected chi connectivity index (χ0v) is 13.1. The van der Waals surface area contributed by atoms with Gasteiger partial charge < -0.3 is 10.1 Å². The van der Waals surface area contributed by atoms with Crippen molar-refractivity contribution in [2.75, 3.05) is 25.5 Å². The van der Waals surface area contributed by atoms with Crippen molar-refractivity contribution >= 4 is 11.6 Å². The maximum Gasteiger partial charge on any atom is 0.238 e. The molecule has 0 bridgehead atoms. The Morgan fingerprint density at radius 3 is 2.52 bits per heavy atom. The van der Waals surface area contributed by atoms with Crippen LogP contribution in [0.2, 0.25) is 0 Å². The van der Waals surface area contributed by atoms with Crippen molar-refractivity contribution in [2.45, 2.75) is 45.1 Å². The Bertz CT molecular complexity index is 439. The summed E-state index contributed by atoms with van der Waals surface area (Å²) in [5.41, 5.74) is 0.820. The molecule has 1 aromatic carbocycles. The first kappa shape index (κ1) is 15.8. The Labute approximate surface area is 127 Å². The van der Waals surface area contributed by atoms with Gasteiger partial charge in [-0.2, -0.15) is 0 Å². The average molecular weight is 290 g/mol. The van der Waals surface area contributed by atoms with Gasteiger partial charge in [-0.05, 0) is 51.1 Å². The summed E-state index contributed by atoms with van der Waals surface area (Å²) in [4.78, 5) is 14.3. The van der Waals surface area contributed by atoms with Gasteiger partial charge in [0.15, 0.2) is 0 Å². The molecular formula is C17H26N2O2. The molecule has 1 fully saturated rings. The number of rotatable bonds is 6. The third-order valence-electron chi connectivity index (χ3n) is 4.04. The number of benzene rings is 1. The van der Waals surface area contributed by atoms with Crippen LogP contribution in [0, 0.1) is 0 Å². The van der Waals surface area contributed by atoms with E-state index in [1.807, 2.05) is 38.2 Å². The summed E-state index contributed by atoms with van der Waals surface area (Å²) in [6.45, 7) is 3.06. The summed E-state index contributed by atoms with van der Waals surface area (Å²) in [6, 6.07) is 8.07. The van der Waals surface area contributed by atoms with Crippen molar-refractivity contribution < 1.29 is 9.53 Å². The molecule has 1 aliphatic rings. The van der Waals surface area contributed by atoms with Crippen LogP contribution in [0.4, 0.5) is 5.69 Å². The maximum atomic E-state index is 12.1. The first-order valence-electron chi connectivity index (χ1n) is 7.92. The molecule has 1 aromatic rings. The van der Waals surface area contributed by atoms with Crippen LogP contribution in [-0.4, -0.2) is 37.0 Å². The van der Waals surface area contributed by atoms with Crippen molar-refractivity contribution in [1.82, 2.24) is 4.90 Å². The van der Waals surface area contributed by atoms with Crippen LogP contribution in [0.1, 0.15) is 39.0 Å². The SMILES string of the molecule is CCOc1ccc(NC(=O)CN(C)C2CCCCC2)cc1. The van der Waals surface area contributed by atoms with E-state index in [0.29, 0.717) is 19.2 Å². The second-order valence-corrected chi connectivity index (χ2v) is 5.71. The number of hydrogen-bond donors (Lipinski definition) is 1. The number of likely N-dealkylation sites (N-methyl/N-ethyl adjacent to an activating group) is 1. The molecule has 0 aliphatic heterocycles. The van der Waals surface area contributed by atoms with E-state index < -0.39 is 0 Å². The summed E-state index contributed by atoms with van der Waals surface area (Å²) >= 11 is 0. The van der Waals surface area contributed by atoms with Crippen LogP contribution in [0.25, 0.3) is 0 Å². The summed E-state index contributed by atoms with van der Waals surface area (Å²) < 4.78 is 5.39. The third-order valence-corrected chi connectivity index (χ3v) is 4.04. The van der Waals surface area contributed by atoms with Crippen LogP contribution in [0.3, 0.4) is 0 Å². The van der Waals surface area contributed by atoms with Crippen LogP contribution >= 0.6 is 0 Å². The number of amides is 1. The second kappa shape index (κ2) is 8.03. The van der Waals surface area contributed by atoms with E-state index in [-0.39, 0.29) is 5.91 Å². The molecule has 2 rings (SSSR count). The summed E-state index contributed by atoms with van der Waals surface area (Å²) in [7, 11) is 2.05. The fourth-order valence-corrected chi connectivity index (χ4v) is 2.88. The van der Waals surface area contributed by atoms with E-state index >= 15 is 0 Å². The van der Waals surface area contributed by atoms with E-state index in [9.17, 15) is 4.79 Å². The fraction of sp³-hybridized carbons (Fsp3) is 0.588. The Morgan fingerprint density at radius 2 is 1.90 bits per heavy atom. The van der Waals surface area contributed by atoms with Crippen LogP contribution in [0.5, 0.6) is 5.75 Å². The predicted octanol–water partition coefficient (Wildman–Crippen LogP) is 3.29. The molecule has 0 atom stereocenters. The molecule has 0 saturated heterocycles. The average Bonchev–Trinajstić information content (AvgIpc) is 2.50. The summed E-state index contributed by atoms with van der Waals surface area (Å²) in [5.74, 6) is 0.877. The van der Waals surface area contributed by atoms with Crippen LogP contribution in [0.15, 0.2) is 24.3 Å². The minimum atomic E-state index is 0.0484. The first-order chi connectivity index (χ1) is 10.2. The van der Waals surface area contributed by atoms with Gasteiger partial charge in [-0.3, -0.25) is 9.69 Å². The molecule has 0 spiro atoms. The molecule has 1 N–H and O–H groups in total. The Hall–Kier alpha value is -1.55. The number of nitrogens with one attached hydrogen (secondary N) is 1. The quantitative estimate of drug-likeness (QED) is 0.874. The highest BCUT2D eigenvalue weighted by Gasteiger charge is 2.19. The van der Waals surface area contributed by atoms with Gasteiger partial charge in [0.2, 0.25) is 5.91 Å². The molecule has 1 amide bonds. The highest BCUT2D eigenvalue weighted by molar-refractivity contribution is 5.92. The Kier molecular flexibility index (Phi) is 6.05. The van der Waals surface area contributed by atoms with E-state index in [2.05, 4.69) is 10.2 Å². The molecule has 0 unspecified atom stereocenters. The second-order valence-electron chi connectivity index (χ2n) is 5.71. The number of nitrogens with zero attached hydrogens (tertiary/aromatic N) is 1. The third kappa shape index (κ3) is 5.05. The Balaban J connectivity index is 1.80. The van der Waals surface area contributed by atoms with E-state index in [1.54, 1.807) is 0 Å². The van der Waals surface area contributed by atoms with Gasteiger partial charge in [-0.1, -0.05) is 19.3 Å². The lowest BCUT2D eigenvalue weighted by molar-refractivity contribution is -0.117. The van der Waals surface area contributed by atoms with E-state index in [1.165, 1.54) is 32.1 Å². The van der Waals surface area contributed by atoms with Crippen molar-refractivity contribution in [3.63, 3.8) is 0 Å². The van der Waals surface area contributed by atoms with Gasteiger partial charge in [-0.25, -0.2) is 0 Å². The van der Waals surface area contributed by atoms with Gasteiger partial charge in [0.1, 0.15) is 5.75 Å². The van der Waals surface area contributed by atoms with Gasteiger partial charge in [-0.15, -0.1) is 0 Å². The lowest BCUT2D eigenvalue weighted by Crippen LogP contribution is -2.39. The molecule has 0 heterocycles. The summed E-state index contributed by atoms with van der Waals surface area (Å²) in [6.07, 6.45) is 6.34. The monoisotopic (exact) mass is 290 g/mol. The molecule has 0 radical (unpaired) electrons. The molecule has 1 saturated carbocycles. The minimum absolute atomic E-state index is 0.0484. The molecule has 0 aromatic heterocycles. The normalized spacial score (nSPS) is 16.0. The zero-order valence-electron chi connectivity index (χ0n) is 13.1. The topological polar surface area (TPSA) is 41.6 Å². The fourth-order valence-electron chi connectivity index (χ4n) is 2.88.